The van der Waals surface area contributed by atoms with Gasteiger partial charge in [-0.15, -0.1) is 11.3 Å². The molecule has 0 saturated heterocycles. The average molecular weight is 454 g/mol. The lowest BCUT2D eigenvalue weighted by atomic mass is 9.98. The minimum atomic E-state index is -0.621. The maximum Gasteiger partial charge on any atom is 0.202 e. The summed E-state index contributed by atoms with van der Waals surface area (Å²) in [5.74, 6) is 0.0701. The van der Waals surface area contributed by atoms with E-state index in [0.29, 0.717) is 11.1 Å². The van der Waals surface area contributed by atoms with Crippen molar-refractivity contribution in [3.8, 4) is 0 Å². The van der Waals surface area contributed by atoms with Gasteiger partial charge in [0.2, 0.25) is 5.78 Å². The maximum absolute atomic E-state index is 12.8. The third kappa shape index (κ3) is 3.12. The number of alkyl halides is 1. The van der Waals surface area contributed by atoms with Gasteiger partial charge in [-0.25, -0.2) is 0 Å². The van der Waals surface area contributed by atoms with Gasteiger partial charge in [-0.05, 0) is 68.6 Å². The predicted octanol–water partition coefficient (Wildman–Crippen LogP) is 6.46. The molecule has 0 atom stereocenters. The van der Waals surface area contributed by atoms with E-state index in [0.717, 1.165) is 33.2 Å². The summed E-state index contributed by atoms with van der Waals surface area (Å²) in [7, 11) is 0. The van der Waals surface area contributed by atoms with Gasteiger partial charge in [-0.1, -0.05) is 22.0 Å². The number of carbonyl (C=O) groups is 2. The largest absolute Gasteiger partial charge is 0.341 e. The van der Waals surface area contributed by atoms with Crippen molar-refractivity contribution in [2.24, 2.45) is 0 Å². The molecule has 0 N–H and O–H groups in total. The molecule has 28 heavy (non-hydrogen) atoms. The molecule has 0 spiro atoms. The Kier molecular flexibility index (Phi) is 4.76. The number of benzene rings is 2. The second-order valence-corrected chi connectivity index (χ2v) is 10.2. The monoisotopic (exact) mass is 453 g/mol. The van der Waals surface area contributed by atoms with Gasteiger partial charge in [0.05, 0.1) is 9.20 Å². The Bertz CT molecular complexity index is 1210. The summed E-state index contributed by atoms with van der Waals surface area (Å²) >= 11 is 4.92. The van der Waals surface area contributed by atoms with E-state index in [2.05, 4.69) is 27.4 Å². The first-order valence-electron chi connectivity index (χ1n) is 9.19. The van der Waals surface area contributed by atoms with Crippen molar-refractivity contribution >= 4 is 60.6 Å². The molecule has 5 heteroatoms. The summed E-state index contributed by atoms with van der Waals surface area (Å²) in [5.41, 5.74) is 3.48. The number of hydrogen-bond acceptors (Lipinski definition) is 3. The molecule has 0 radical (unpaired) electrons. The number of hydrogen-bond donors (Lipinski definition) is 0. The molecule has 0 saturated carbocycles. The Hall–Kier alpha value is -2.24. The quantitative estimate of drug-likeness (QED) is 0.256. The molecule has 0 aliphatic carbocycles. The van der Waals surface area contributed by atoms with E-state index in [1.54, 1.807) is 0 Å². The standard InChI is InChI=1S/C23H20BrNO2S/c1-4-25-18-9-7-14(21(26)20-6-5-11-28-20)12-16(18)17-13-15(8-10-19(17)25)22(27)23(2,3)24/h5-13H,4H2,1-3H3. The lowest BCUT2D eigenvalue weighted by Crippen LogP contribution is -2.23. The van der Waals surface area contributed by atoms with Gasteiger partial charge in [0, 0.05) is 39.5 Å². The number of Topliss-reactive ketones (excluding diaryl/α,β-unsaturated/α-hetero) is 1. The van der Waals surface area contributed by atoms with Crippen LogP contribution in [-0.2, 0) is 6.54 Å². The first kappa shape index (κ1) is 19.1. The van der Waals surface area contributed by atoms with Crippen LogP contribution in [0.5, 0.6) is 0 Å². The van der Waals surface area contributed by atoms with Crippen molar-refractivity contribution < 1.29 is 9.59 Å². The first-order valence-corrected chi connectivity index (χ1v) is 10.9. The summed E-state index contributed by atoms with van der Waals surface area (Å²) in [6.45, 7) is 6.62. The SMILES string of the molecule is CCn1c2ccc(C(=O)c3cccs3)cc2c2cc(C(=O)C(C)(C)Br)ccc21. The van der Waals surface area contributed by atoms with E-state index in [4.69, 9.17) is 0 Å². The number of carbonyl (C=O) groups excluding carboxylic acids is 2. The zero-order chi connectivity index (χ0) is 20.1. The summed E-state index contributed by atoms with van der Waals surface area (Å²) < 4.78 is 1.60. The van der Waals surface area contributed by atoms with Crippen molar-refractivity contribution in [3.05, 3.63) is 69.9 Å². The smallest absolute Gasteiger partial charge is 0.202 e. The van der Waals surface area contributed by atoms with Crippen LogP contribution in [-0.4, -0.2) is 20.5 Å². The van der Waals surface area contributed by atoms with Gasteiger partial charge in [-0.3, -0.25) is 9.59 Å². The lowest BCUT2D eigenvalue weighted by Gasteiger charge is -2.14. The summed E-state index contributed by atoms with van der Waals surface area (Å²) in [4.78, 5) is 26.3. The third-order valence-electron chi connectivity index (χ3n) is 4.99. The molecule has 4 aromatic rings. The molecule has 4 rings (SSSR count). The van der Waals surface area contributed by atoms with Crippen molar-refractivity contribution in [2.45, 2.75) is 31.6 Å². The number of rotatable bonds is 5. The zero-order valence-electron chi connectivity index (χ0n) is 16.0. The Morgan fingerprint density at radius 1 is 1.00 bits per heavy atom. The highest BCUT2D eigenvalue weighted by Gasteiger charge is 2.26. The maximum atomic E-state index is 12.8. The van der Waals surface area contributed by atoms with Crippen LogP contribution < -0.4 is 0 Å². The van der Waals surface area contributed by atoms with E-state index >= 15 is 0 Å². The Morgan fingerprint density at radius 3 is 2.14 bits per heavy atom. The topological polar surface area (TPSA) is 39.1 Å². The second kappa shape index (κ2) is 6.98. The van der Waals surface area contributed by atoms with Gasteiger partial charge in [-0.2, -0.15) is 0 Å². The second-order valence-electron chi connectivity index (χ2n) is 7.32. The molecule has 2 heterocycles. The van der Waals surface area contributed by atoms with Gasteiger partial charge >= 0.3 is 0 Å². The van der Waals surface area contributed by atoms with Crippen LogP contribution in [0.25, 0.3) is 21.8 Å². The van der Waals surface area contributed by atoms with Crippen LogP contribution >= 0.6 is 27.3 Å². The van der Waals surface area contributed by atoms with E-state index in [9.17, 15) is 9.59 Å². The molecule has 0 bridgehead atoms. The fraction of sp³-hybridized carbons (Fsp3) is 0.217. The minimum Gasteiger partial charge on any atom is -0.341 e. The van der Waals surface area contributed by atoms with Crippen molar-refractivity contribution in [1.29, 1.82) is 0 Å². The lowest BCUT2D eigenvalue weighted by molar-refractivity contribution is 0.0960. The number of halogens is 1. The van der Waals surface area contributed by atoms with Crippen LogP contribution in [0.4, 0.5) is 0 Å². The van der Waals surface area contributed by atoms with E-state index in [-0.39, 0.29) is 11.6 Å². The number of aromatic nitrogens is 1. The molecule has 0 amide bonds. The highest BCUT2D eigenvalue weighted by molar-refractivity contribution is 9.10. The van der Waals surface area contributed by atoms with Crippen LogP contribution in [0.1, 0.15) is 46.4 Å². The van der Waals surface area contributed by atoms with E-state index < -0.39 is 4.32 Å². The predicted molar refractivity (Wildman–Crippen MR) is 120 cm³/mol. The number of thiophene rings is 1. The zero-order valence-corrected chi connectivity index (χ0v) is 18.4. The molecule has 0 unspecified atom stereocenters. The number of nitrogens with zero attached hydrogens (tertiary/aromatic N) is 1. The van der Waals surface area contributed by atoms with Crippen molar-refractivity contribution in [1.82, 2.24) is 4.57 Å². The molecular formula is C23H20BrNO2S. The highest BCUT2D eigenvalue weighted by Crippen LogP contribution is 2.33. The molecule has 2 aromatic carbocycles. The van der Waals surface area contributed by atoms with E-state index in [1.807, 2.05) is 67.8 Å². The molecule has 142 valence electrons. The van der Waals surface area contributed by atoms with Crippen LogP contribution in [0, 0.1) is 0 Å². The fourth-order valence-electron chi connectivity index (χ4n) is 3.62. The normalized spacial score (nSPS) is 12.0. The molecule has 0 aliphatic heterocycles. The molecule has 0 aliphatic rings. The average Bonchev–Trinajstić information content (AvgIpc) is 3.31. The number of fused-ring (bicyclic) bond motifs is 3. The molecule has 3 nitrogen and oxygen atoms in total. The third-order valence-corrected chi connectivity index (χ3v) is 6.22. The van der Waals surface area contributed by atoms with E-state index in [1.165, 1.54) is 11.3 Å². The Labute approximate surface area is 176 Å². The Morgan fingerprint density at radius 2 is 1.61 bits per heavy atom. The molecule has 0 fully saturated rings. The van der Waals surface area contributed by atoms with Crippen molar-refractivity contribution in [3.63, 3.8) is 0 Å². The number of aryl methyl sites for hydroxylation is 1. The van der Waals surface area contributed by atoms with Crippen LogP contribution in [0.3, 0.4) is 0 Å². The first-order chi connectivity index (χ1) is 13.3. The van der Waals surface area contributed by atoms with Gasteiger partial charge in [0.1, 0.15) is 0 Å². The van der Waals surface area contributed by atoms with Crippen molar-refractivity contribution in [2.75, 3.05) is 0 Å². The summed E-state index contributed by atoms with van der Waals surface area (Å²) in [6.07, 6.45) is 0. The van der Waals surface area contributed by atoms with Crippen LogP contribution in [0.2, 0.25) is 0 Å². The molecule has 2 aromatic heterocycles. The van der Waals surface area contributed by atoms with Gasteiger partial charge < -0.3 is 4.57 Å². The van der Waals surface area contributed by atoms with Gasteiger partial charge in [0.25, 0.3) is 0 Å². The molecular weight excluding hydrogens is 434 g/mol. The minimum absolute atomic E-state index is 0.0307. The Balaban J connectivity index is 1.95. The van der Waals surface area contributed by atoms with Gasteiger partial charge in [0.15, 0.2) is 5.78 Å². The number of ketones is 2. The van der Waals surface area contributed by atoms with Crippen LogP contribution in [0.15, 0.2) is 53.9 Å². The summed E-state index contributed by atoms with van der Waals surface area (Å²) in [5, 5.41) is 3.91. The highest BCUT2D eigenvalue weighted by atomic mass is 79.9. The fourth-order valence-corrected chi connectivity index (χ4v) is 4.54. The summed E-state index contributed by atoms with van der Waals surface area (Å²) in [6, 6.07) is 15.4.